The molecule has 0 saturated carbocycles. The summed E-state index contributed by atoms with van der Waals surface area (Å²) in [7, 11) is 1.98. The number of thiophene rings is 1. The monoisotopic (exact) mass is 307 g/mol. The molecule has 0 aliphatic heterocycles. The van der Waals surface area contributed by atoms with E-state index < -0.39 is 0 Å². The van der Waals surface area contributed by atoms with E-state index in [4.69, 9.17) is 4.74 Å². The summed E-state index contributed by atoms with van der Waals surface area (Å²) in [5.74, 6) is 1.18. The van der Waals surface area contributed by atoms with Crippen molar-refractivity contribution < 1.29 is 4.74 Å². The second kappa shape index (κ2) is 7.78. The number of nitrogens with zero attached hydrogens (tertiary/aromatic N) is 4. The molecule has 0 fully saturated rings. The van der Waals surface area contributed by atoms with E-state index in [0.717, 1.165) is 19.5 Å². The Bertz CT molecular complexity index is 522. The highest BCUT2D eigenvalue weighted by molar-refractivity contribution is 7.09. The molecule has 0 atom stereocenters. The maximum atomic E-state index is 5.41. The van der Waals surface area contributed by atoms with E-state index in [1.165, 1.54) is 4.88 Å². The van der Waals surface area contributed by atoms with Crippen LogP contribution >= 0.6 is 11.3 Å². The first-order valence-corrected chi connectivity index (χ1v) is 7.97. The van der Waals surface area contributed by atoms with Gasteiger partial charge in [0.05, 0.1) is 6.61 Å². The van der Waals surface area contributed by atoms with E-state index in [-0.39, 0.29) is 0 Å². The fourth-order valence-electron chi connectivity index (χ4n) is 1.78. The van der Waals surface area contributed by atoms with Crippen LogP contribution in [-0.4, -0.2) is 41.7 Å². The lowest BCUT2D eigenvalue weighted by atomic mass is 10.3. The van der Waals surface area contributed by atoms with Gasteiger partial charge in [0.1, 0.15) is 0 Å². The minimum Gasteiger partial charge on any atom is -0.464 e. The lowest BCUT2D eigenvalue weighted by Gasteiger charge is -2.17. The number of anilines is 2. The summed E-state index contributed by atoms with van der Waals surface area (Å²) >= 11 is 1.77. The minimum absolute atomic E-state index is 0.362. The SMILES string of the molecule is CCNc1nc(OCC)nc(N(C)CCc2cccs2)n1. The van der Waals surface area contributed by atoms with Crippen molar-refractivity contribution in [3.63, 3.8) is 0 Å². The standard InChI is InChI=1S/C14H21N5OS/c1-4-15-12-16-13(18-14(17-12)20-5-2)19(3)9-8-11-7-6-10-21-11/h6-7,10H,4-5,8-9H2,1-3H3,(H,15,16,17,18). The van der Waals surface area contributed by atoms with Crippen LogP contribution in [0.4, 0.5) is 11.9 Å². The van der Waals surface area contributed by atoms with E-state index in [1.807, 2.05) is 25.8 Å². The van der Waals surface area contributed by atoms with Gasteiger partial charge in [0.2, 0.25) is 11.9 Å². The lowest BCUT2D eigenvalue weighted by Crippen LogP contribution is -2.23. The van der Waals surface area contributed by atoms with Gasteiger partial charge < -0.3 is 15.0 Å². The molecule has 0 radical (unpaired) electrons. The van der Waals surface area contributed by atoms with Crippen LogP contribution in [0, 0.1) is 0 Å². The van der Waals surface area contributed by atoms with Crippen LogP contribution in [0.15, 0.2) is 17.5 Å². The van der Waals surface area contributed by atoms with Gasteiger partial charge >= 0.3 is 6.01 Å². The molecule has 2 rings (SSSR count). The largest absolute Gasteiger partial charge is 0.464 e. The van der Waals surface area contributed by atoms with Crippen molar-refractivity contribution >= 4 is 23.2 Å². The molecular formula is C14H21N5OS. The Balaban J connectivity index is 2.08. The first-order valence-electron chi connectivity index (χ1n) is 7.09. The number of likely N-dealkylation sites (N-methyl/N-ethyl adjacent to an activating group) is 1. The number of nitrogens with one attached hydrogen (secondary N) is 1. The number of ether oxygens (including phenoxy) is 1. The first kappa shape index (κ1) is 15.5. The Labute approximate surface area is 129 Å². The normalized spacial score (nSPS) is 10.4. The minimum atomic E-state index is 0.362. The fraction of sp³-hybridized carbons (Fsp3) is 0.500. The molecule has 2 aromatic rings. The molecule has 0 aliphatic carbocycles. The Hall–Kier alpha value is -1.89. The molecule has 21 heavy (non-hydrogen) atoms. The third-order valence-corrected chi connectivity index (χ3v) is 3.76. The van der Waals surface area contributed by atoms with Gasteiger partial charge in [0.25, 0.3) is 0 Å². The summed E-state index contributed by atoms with van der Waals surface area (Å²) in [6, 6.07) is 4.57. The molecule has 0 aliphatic rings. The molecule has 1 N–H and O–H groups in total. The molecule has 2 aromatic heterocycles. The van der Waals surface area contributed by atoms with E-state index in [2.05, 4.69) is 37.8 Å². The van der Waals surface area contributed by atoms with Crippen LogP contribution < -0.4 is 15.0 Å². The first-order chi connectivity index (χ1) is 10.2. The maximum Gasteiger partial charge on any atom is 0.323 e. The predicted octanol–water partition coefficient (Wildman–Crippen LogP) is 2.44. The molecule has 0 spiro atoms. The molecule has 7 heteroatoms. The molecule has 2 heterocycles. The molecule has 114 valence electrons. The topological polar surface area (TPSA) is 63.2 Å². The van der Waals surface area contributed by atoms with Gasteiger partial charge in [-0.15, -0.1) is 11.3 Å². The molecule has 0 bridgehead atoms. The van der Waals surface area contributed by atoms with Crippen LogP contribution in [0.2, 0.25) is 0 Å². The van der Waals surface area contributed by atoms with E-state index >= 15 is 0 Å². The Kier molecular flexibility index (Phi) is 5.74. The molecule has 0 amide bonds. The third kappa shape index (κ3) is 4.56. The second-order valence-corrected chi connectivity index (χ2v) is 5.49. The number of hydrogen-bond acceptors (Lipinski definition) is 7. The number of rotatable bonds is 8. The van der Waals surface area contributed by atoms with Gasteiger partial charge in [0.15, 0.2) is 0 Å². The van der Waals surface area contributed by atoms with Gasteiger partial charge in [-0.1, -0.05) is 6.07 Å². The fourth-order valence-corrected chi connectivity index (χ4v) is 2.48. The number of hydrogen-bond donors (Lipinski definition) is 1. The summed E-state index contributed by atoms with van der Waals surface area (Å²) < 4.78 is 5.41. The lowest BCUT2D eigenvalue weighted by molar-refractivity contribution is 0.312. The number of aromatic nitrogens is 3. The molecule has 0 saturated heterocycles. The summed E-state index contributed by atoms with van der Waals surface area (Å²) in [5, 5.41) is 5.20. The van der Waals surface area contributed by atoms with Gasteiger partial charge in [-0.25, -0.2) is 0 Å². The van der Waals surface area contributed by atoms with Crippen LogP contribution in [0.3, 0.4) is 0 Å². The molecule has 6 nitrogen and oxygen atoms in total. The van der Waals surface area contributed by atoms with E-state index in [9.17, 15) is 0 Å². The van der Waals surface area contributed by atoms with Crippen molar-refractivity contribution in [2.24, 2.45) is 0 Å². The zero-order valence-electron chi connectivity index (χ0n) is 12.7. The van der Waals surface area contributed by atoms with Crippen molar-refractivity contribution in [1.29, 1.82) is 0 Å². The summed E-state index contributed by atoms with van der Waals surface area (Å²) in [5.41, 5.74) is 0. The second-order valence-electron chi connectivity index (χ2n) is 4.46. The smallest absolute Gasteiger partial charge is 0.323 e. The average molecular weight is 307 g/mol. The summed E-state index contributed by atoms with van der Waals surface area (Å²) in [4.78, 5) is 16.4. The van der Waals surface area contributed by atoms with Crippen LogP contribution in [0.25, 0.3) is 0 Å². The van der Waals surface area contributed by atoms with Gasteiger partial charge in [-0.3, -0.25) is 0 Å². The van der Waals surface area contributed by atoms with Crippen molar-refractivity contribution in [3.8, 4) is 6.01 Å². The van der Waals surface area contributed by atoms with Gasteiger partial charge in [-0.2, -0.15) is 15.0 Å². The predicted molar refractivity (Wildman–Crippen MR) is 86.5 cm³/mol. The van der Waals surface area contributed by atoms with E-state index in [1.54, 1.807) is 11.3 Å². The van der Waals surface area contributed by atoms with Crippen LogP contribution in [-0.2, 0) is 6.42 Å². The zero-order chi connectivity index (χ0) is 15.1. The quantitative estimate of drug-likeness (QED) is 0.808. The zero-order valence-corrected chi connectivity index (χ0v) is 13.5. The highest BCUT2D eigenvalue weighted by Crippen LogP contribution is 2.15. The van der Waals surface area contributed by atoms with Gasteiger partial charge in [0, 0.05) is 25.0 Å². The van der Waals surface area contributed by atoms with Crippen molar-refractivity contribution in [3.05, 3.63) is 22.4 Å². The molecular weight excluding hydrogens is 286 g/mol. The van der Waals surface area contributed by atoms with E-state index in [0.29, 0.717) is 24.5 Å². The summed E-state index contributed by atoms with van der Waals surface area (Å²) in [6.45, 7) is 6.06. The third-order valence-electron chi connectivity index (χ3n) is 2.83. The average Bonchev–Trinajstić information content (AvgIpc) is 2.98. The van der Waals surface area contributed by atoms with Crippen molar-refractivity contribution in [2.75, 3.05) is 37.0 Å². The Morgan fingerprint density at radius 2 is 2.14 bits per heavy atom. The maximum absolute atomic E-state index is 5.41. The van der Waals surface area contributed by atoms with Gasteiger partial charge in [-0.05, 0) is 31.7 Å². The Morgan fingerprint density at radius 3 is 2.81 bits per heavy atom. The summed E-state index contributed by atoms with van der Waals surface area (Å²) in [6.07, 6.45) is 0.973. The molecule has 0 unspecified atom stereocenters. The highest BCUT2D eigenvalue weighted by atomic mass is 32.1. The van der Waals surface area contributed by atoms with Crippen molar-refractivity contribution in [2.45, 2.75) is 20.3 Å². The van der Waals surface area contributed by atoms with Crippen molar-refractivity contribution in [1.82, 2.24) is 15.0 Å². The highest BCUT2D eigenvalue weighted by Gasteiger charge is 2.11. The van der Waals surface area contributed by atoms with Crippen LogP contribution in [0.5, 0.6) is 6.01 Å². The molecule has 0 aromatic carbocycles. The van der Waals surface area contributed by atoms with Crippen LogP contribution in [0.1, 0.15) is 18.7 Å². The Morgan fingerprint density at radius 1 is 1.29 bits per heavy atom.